The van der Waals surface area contributed by atoms with Gasteiger partial charge in [-0.05, 0) is 12.1 Å². The van der Waals surface area contributed by atoms with Crippen LogP contribution in [0.2, 0.25) is 5.02 Å². The lowest BCUT2D eigenvalue weighted by Crippen LogP contribution is -1.90. The summed E-state index contributed by atoms with van der Waals surface area (Å²) >= 11 is 10.6. The van der Waals surface area contributed by atoms with Gasteiger partial charge in [0.25, 0.3) is 0 Å². The molecule has 0 atom stereocenters. The molecule has 3 aromatic rings. The summed E-state index contributed by atoms with van der Waals surface area (Å²) in [5.41, 5.74) is 1.54. The average Bonchev–Trinajstić information content (AvgIpc) is 2.86. The third kappa shape index (κ3) is 2.27. The molecule has 0 radical (unpaired) electrons. The summed E-state index contributed by atoms with van der Waals surface area (Å²) < 4.78 is 2.59. The first-order valence-corrected chi connectivity index (χ1v) is 7.20. The van der Waals surface area contributed by atoms with Gasteiger partial charge in [0.05, 0.1) is 10.7 Å². The highest BCUT2D eigenvalue weighted by molar-refractivity contribution is 9.10. The second-order valence-corrected chi connectivity index (χ2v) is 6.17. The molecule has 0 spiro atoms. The molecule has 1 aromatic carbocycles. The fraction of sp³-hybridized carbons (Fsp3) is 0. The zero-order valence-electron chi connectivity index (χ0n) is 9.30. The van der Waals surface area contributed by atoms with Crippen molar-refractivity contribution < 1.29 is 9.90 Å². The van der Waals surface area contributed by atoms with Gasteiger partial charge >= 0.3 is 5.97 Å². The van der Waals surface area contributed by atoms with Crippen LogP contribution in [0, 0.1) is 0 Å². The van der Waals surface area contributed by atoms with E-state index >= 15 is 0 Å². The third-order valence-electron chi connectivity index (χ3n) is 2.57. The Labute approximate surface area is 125 Å². The van der Waals surface area contributed by atoms with Crippen molar-refractivity contribution in [3.05, 3.63) is 45.0 Å². The molecule has 0 saturated carbocycles. The lowest BCUT2D eigenvalue weighted by atomic mass is 10.2. The molecular formula is C12H6BrClN2O2S. The van der Waals surface area contributed by atoms with Crippen LogP contribution in [0.15, 0.2) is 35.1 Å². The number of halogens is 2. The van der Waals surface area contributed by atoms with Crippen LogP contribution in [0.1, 0.15) is 9.67 Å². The van der Waals surface area contributed by atoms with Gasteiger partial charge < -0.3 is 5.11 Å². The van der Waals surface area contributed by atoms with Gasteiger partial charge in [0.2, 0.25) is 0 Å². The molecule has 96 valence electrons. The van der Waals surface area contributed by atoms with E-state index in [9.17, 15) is 4.79 Å². The molecule has 19 heavy (non-hydrogen) atoms. The highest BCUT2D eigenvalue weighted by Crippen LogP contribution is 2.31. The molecule has 0 fully saturated rings. The Morgan fingerprint density at radius 3 is 2.84 bits per heavy atom. The first kappa shape index (κ1) is 12.7. The van der Waals surface area contributed by atoms with Gasteiger partial charge in [-0.25, -0.2) is 9.78 Å². The van der Waals surface area contributed by atoms with Crippen molar-refractivity contribution in [2.24, 2.45) is 0 Å². The number of carboxylic acids is 1. The summed E-state index contributed by atoms with van der Waals surface area (Å²) in [7, 11) is 0. The lowest BCUT2D eigenvalue weighted by Gasteiger charge is -2.00. The van der Waals surface area contributed by atoms with Gasteiger partial charge in [-0.2, -0.15) is 0 Å². The van der Waals surface area contributed by atoms with Gasteiger partial charge in [0.1, 0.15) is 4.88 Å². The molecule has 1 N–H and O–H groups in total. The summed E-state index contributed by atoms with van der Waals surface area (Å²) in [5.74, 6) is -0.946. The van der Waals surface area contributed by atoms with E-state index in [0.29, 0.717) is 9.98 Å². The number of carbonyl (C=O) groups is 1. The van der Waals surface area contributed by atoms with Crippen LogP contribution in [0.3, 0.4) is 0 Å². The van der Waals surface area contributed by atoms with Crippen LogP contribution in [-0.2, 0) is 0 Å². The molecule has 0 bridgehead atoms. The number of aromatic carboxylic acids is 1. The lowest BCUT2D eigenvalue weighted by molar-refractivity contribution is 0.0702. The third-order valence-corrected chi connectivity index (χ3v) is 4.36. The first-order valence-electron chi connectivity index (χ1n) is 5.22. The maximum Gasteiger partial charge on any atom is 0.347 e. The Kier molecular flexibility index (Phi) is 3.08. The number of carboxylic acid groups (broad SMARTS) is 1. The summed E-state index contributed by atoms with van der Waals surface area (Å²) in [6.45, 7) is 0. The van der Waals surface area contributed by atoms with E-state index in [-0.39, 0.29) is 4.88 Å². The Morgan fingerprint density at radius 2 is 2.21 bits per heavy atom. The molecule has 4 nitrogen and oxygen atoms in total. The number of hydrogen-bond acceptors (Lipinski definition) is 3. The molecule has 2 heterocycles. The summed E-state index contributed by atoms with van der Waals surface area (Å²) in [6.07, 6.45) is 3.32. The highest BCUT2D eigenvalue weighted by atomic mass is 79.9. The topological polar surface area (TPSA) is 54.6 Å². The molecular weight excluding hydrogens is 352 g/mol. The smallest absolute Gasteiger partial charge is 0.347 e. The minimum Gasteiger partial charge on any atom is -0.477 e. The average molecular weight is 358 g/mol. The van der Waals surface area contributed by atoms with Crippen LogP contribution in [0.4, 0.5) is 0 Å². The van der Waals surface area contributed by atoms with E-state index in [1.807, 2.05) is 12.1 Å². The number of aromatic nitrogens is 2. The monoisotopic (exact) mass is 356 g/mol. The highest BCUT2D eigenvalue weighted by Gasteiger charge is 2.13. The maximum absolute atomic E-state index is 10.9. The second-order valence-electron chi connectivity index (χ2n) is 3.84. The molecule has 0 amide bonds. The molecule has 0 unspecified atom stereocenters. The molecule has 0 aliphatic carbocycles. The fourth-order valence-corrected chi connectivity index (χ4v) is 3.30. The van der Waals surface area contributed by atoms with E-state index in [1.54, 1.807) is 22.9 Å². The summed E-state index contributed by atoms with van der Waals surface area (Å²) in [6, 6.07) is 5.56. The second kappa shape index (κ2) is 4.63. The molecule has 2 aromatic heterocycles. The molecule has 0 aliphatic heterocycles. The van der Waals surface area contributed by atoms with E-state index in [2.05, 4.69) is 20.9 Å². The quantitative estimate of drug-likeness (QED) is 0.748. The van der Waals surface area contributed by atoms with Crippen LogP contribution in [0.25, 0.3) is 16.2 Å². The number of hydrogen-bond donors (Lipinski definition) is 1. The van der Waals surface area contributed by atoms with Gasteiger partial charge in [0, 0.05) is 22.4 Å². The number of benzene rings is 1. The Balaban J connectivity index is 2.10. The SMILES string of the molecule is O=C(O)c1cn2cc(-c3ccc(Br)cc3Cl)nc2s1. The van der Waals surface area contributed by atoms with Gasteiger partial charge in [0.15, 0.2) is 4.96 Å². The minimum absolute atomic E-state index is 0.260. The Hall–Kier alpha value is -1.37. The number of thiazole rings is 1. The summed E-state index contributed by atoms with van der Waals surface area (Å²) in [5, 5.41) is 9.50. The summed E-state index contributed by atoms with van der Waals surface area (Å²) in [4.78, 5) is 16.1. The molecule has 0 aliphatic rings. The van der Waals surface area contributed by atoms with Gasteiger partial charge in [-0.1, -0.05) is 44.9 Å². The van der Waals surface area contributed by atoms with Crippen molar-refractivity contribution in [1.29, 1.82) is 0 Å². The van der Waals surface area contributed by atoms with Crippen molar-refractivity contribution >= 4 is 49.8 Å². The van der Waals surface area contributed by atoms with Crippen molar-refractivity contribution in [3.8, 4) is 11.3 Å². The van der Waals surface area contributed by atoms with Crippen molar-refractivity contribution in [2.45, 2.75) is 0 Å². The molecule has 3 rings (SSSR count). The normalized spacial score (nSPS) is 11.1. The van der Waals surface area contributed by atoms with Gasteiger partial charge in [-0.3, -0.25) is 4.40 Å². The van der Waals surface area contributed by atoms with E-state index in [0.717, 1.165) is 27.1 Å². The zero-order valence-corrected chi connectivity index (χ0v) is 12.5. The predicted molar refractivity (Wildman–Crippen MR) is 78.2 cm³/mol. The van der Waals surface area contributed by atoms with Gasteiger partial charge in [-0.15, -0.1) is 0 Å². The maximum atomic E-state index is 10.9. The standard InChI is InChI=1S/C12H6BrClN2O2S/c13-6-1-2-7(8(14)3-6)9-4-16-5-10(11(17)18)19-12(16)15-9/h1-5H,(H,17,18). The number of nitrogens with zero attached hydrogens (tertiary/aromatic N) is 2. The Bertz CT molecular complexity index is 765. The van der Waals surface area contributed by atoms with Crippen LogP contribution < -0.4 is 0 Å². The van der Waals surface area contributed by atoms with Crippen LogP contribution >= 0.6 is 38.9 Å². The number of fused-ring (bicyclic) bond motifs is 1. The molecule has 0 saturated heterocycles. The zero-order chi connectivity index (χ0) is 13.6. The first-order chi connectivity index (χ1) is 9.04. The number of imidazole rings is 1. The Morgan fingerprint density at radius 1 is 1.42 bits per heavy atom. The molecule has 7 heteroatoms. The van der Waals surface area contributed by atoms with Crippen LogP contribution in [-0.4, -0.2) is 20.5 Å². The minimum atomic E-state index is -0.946. The predicted octanol–water partition coefficient (Wildman–Crippen LogP) is 4.18. The van der Waals surface area contributed by atoms with Crippen LogP contribution in [0.5, 0.6) is 0 Å². The van der Waals surface area contributed by atoms with E-state index in [1.165, 1.54) is 0 Å². The van der Waals surface area contributed by atoms with Crippen molar-refractivity contribution in [2.75, 3.05) is 0 Å². The van der Waals surface area contributed by atoms with Crippen molar-refractivity contribution in [1.82, 2.24) is 9.38 Å². The van der Waals surface area contributed by atoms with E-state index in [4.69, 9.17) is 16.7 Å². The van der Waals surface area contributed by atoms with Crippen molar-refractivity contribution in [3.63, 3.8) is 0 Å². The largest absolute Gasteiger partial charge is 0.477 e. The van der Waals surface area contributed by atoms with E-state index < -0.39 is 5.97 Å². The number of rotatable bonds is 2. The fourth-order valence-electron chi connectivity index (χ4n) is 1.72.